The van der Waals surface area contributed by atoms with Crippen LogP contribution in [0.15, 0.2) is 0 Å². The molecule has 0 heterocycles. The summed E-state index contributed by atoms with van der Waals surface area (Å²) >= 11 is 5.17. The molecule has 0 amide bonds. The Morgan fingerprint density at radius 1 is 1.89 bits per heavy atom. The molecule has 2 atom stereocenters. The van der Waals surface area contributed by atoms with Gasteiger partial charge in [-0.2, -0.15) is 0 Å². The predicted octanol–water partition coefficient (Wildman–Crippen LogP) is 1.43. The van der Waals surface area contributed by atoms with E-state index in [0.717, 1.165) is 0 Å². The molecule has 0 aromatic carbocycles. The van der Waals surface area contributed by atoms with E-state index < -0.39 is 17.5 Å². The number of alkyl halides is 2. The summed E-state index contributed by atoms with van der Waals surface area (Å²) in [6.45, 7) is 1.28. The number of halogens is 2. The molecule has 0 aliphatic rings. The van der Waals surface area contributed by atoms with Gasteiger partial charge in [0, 0.05) is 6.42 Å². The van der Waals surface area contributed by atoms with Crippen LogP contribution < -0.4 is 0 Å². The van der Waals surface area contributed by atoms with Crippen molar-refractivity contribution in [2.75, 3.05) is 0 Å². The topological polar surface area (TPSA) is 37.3 Å². The van der Waals surface area contributed by atoms with Crippen LogP contribution in [0.1, 0.15) is 13.3 Å². The standard InChI is InChI=1S/C5H8ClFO2/c1-3(7)2-4(6)5(8)9/h3-4H,2H2,1H3,(H,8,9). The number of carboxylic acid groups (broad SMARTS) is 1. The van der Waals surface area contributed by atoms with E-state index in [2.05, 4.69) is 0 Å². The molecule has 0 aliphatic heterocycles. The van der Waals surface area contributed by atoms with Crippen molar-refractivity contribution in [2.24, 2.45) is 0 Å². The van der Waals surface area contributed by atoms with Crippen LogP contribution >= 0.6 is 11.6 Å². The Morgan fingerprint density at radius 2 is 2.33 bits per heavy atom. The van der Waals surface area contributed by atoms with Crippen molar-refractivity contribution in [3.05, 3.63) is 0 Å². The Hall–Kier alpha value is -0.310. The zero-order valence-corrected chi connectivity index (χ0v) is 5.73. The van der Waals surface area contributed by atoms with Crippen molar-refractivity contribution in [1.29, 1.82) is 0 Å². The highest BCUT2D eigenvalue weighted by molar-refractivity contribution is 6.29. The molecule has 0 radical (unpaired) electrons. The molecule has 4 heteroatoms. The third kappa shape index (κ3) is 4.21. The zero-order chi connectivity index (χ0) is 7.44. The molecule has 0 aliphatic carbocycles. The van der Waals surface area contributed by atoms with E-state index in [1.54, 1.807) is 0 Å². The van der Waals surface area contributed by atoms with Crippen LogP contribution in [-0.4, -0.2) is 22.6 Å². The van der Waals surface area contributed by atoms with Gasteiger partial charge in [-0.3, -0.25) is 4.79 Å². The van der Waals surface area contributed by atoms with Crippen LogP contribution in [0, 0.1) is 0 Å². The van der Waals surface area contributed by atoms with Gasteiger partial charge < -0.3 is 5.11 Å². The van der Waals surface area contributed by atoms with Crippen LogP contribution in [-0.2, 0) is 4.79 Å². The molecule has 0 saturated heterocycles. The Labute approximate surface area is 57.6 Å². The maximum Gasteiger partial charge on any atom is 0.321 e. The highest BCUT2D eigenvalue weighted by Crippen LogP contribution is 2.07. The van der Waals surface area contributed by atoms with Crippen molar-refractivity contribution < 1.29 is 14.3 Å². The fraction of sp³-hybridized carbons (Fsp3) is 0.800. The lowest BCUT2D eigenvalue weighted by Gasteiger charge is -2.02. The van der Waals surface area contributed by atoms with Gasteiger partial charge in [-0.1, -0.05) is 0 Å². The summed E-state index contributed by atoms with van der Waals surface area (Å²) in [6, 6.07) is 0. The summed E-state index contributed by atoms with van der Waals surface area (Å²) in [5, 5.41) is 7.04. The molecule has 0 spiro atoms. The lowest BCUT2D eigenvalue weighted by atomic mass is 10.2. The first-order chi connectivity index (χ1) is 4.04. The minimum atomic E-state index is -1.17. The molecule has 0 aromatic rings. The van der Waals surface area contributed by atoms with E-state index in [9.17, 15) is 9.18 Å². The quantitative estimate of drug-likeness (QED) is 0.625. The fourth-order valence-corrected chi connectivity index (χ4v) is 0.631. The number of rotatable bonds is 3. The van der Waals surface area contributed by atoms with Gasteiger partial charge >= 0.3 is 5.97 Å². The maximum atomic E-state index is 12.0. The number of carboxylic acids is 1. The van der Waals surface area contributed by atoms with Crippen LogP contribution in [0.3, 0.4) is 0 Å². The first-order valence-electron chi connectivity index (χ1n) is 2.55. The van der Waals surface area contributed by atoms with Crippen molar-refractivity contribution in [3.63, 3.8) is 0 Å². The largest absolute Gasteiger partial charge is 0.480 e. The summed E-state index contributed by atoms with van der Waals surface area (Å²) < 4.78 is 12.0. The van der Waals surface area contributed by atoms with Gasteiger partial charge in [0.05, 0.1) is 6.17 Å². The second-order valence-electron chi connectivity index (χ2n) is 1.82. The summed E-state index contributed by atoms with van der Waals surface area (Å²) in [6.07, 6.45) is -1.28. The fourth-order valence-electron chi connectivity index (χ4n) is 0.386. The van der Waals surface area contributed by atoms with Crippen molar-refractivity contribution >= 4 is 17.6 Å². The van der Waals surface area contributed by atoms with Crippen LogP contribution in [0.5, 0.6) is 0 Å². The smallest absolute Gasteiger partial charge is 0.321 e. The number of hydrogen-bond acceptors (Lipinski definition) is 1. The van der Waals surface area contributed by atoms with Gasteiger partial charge in [-0.15, -0.1) is 11.6 Å². The first kappa shape index (κ1) is 8.69. The summed E-state index contributed by atoms with van der Waals surface area (Å²) in [5.74, 6) is -1.17. The van der Waals surface area contributed by atoms with E-state index in [1.807, 2.05) is 0 Å². The molecule has 0 aromatic heterocycles. The molecule has 2 nitrogen and oxygen atoms in total. The number of carbonyl (C=O) groups is 1. The Balaban J connectivity index is 3.50. The molecule has 0 fully saturated rings. The average molecular weight is 155 g/mol. The van der Waals surface area contributed by atoms with Crippen LogP contribution in [0.25, 0.3) is 0 Å². The summed E-state index contributed by atoms with van der Waals surface area (Å²) in [4.78, 5) is 9.94. The van der Waals surface area contributed by atoms with Crippen molar-refractivity contribution in [1.82, 2.24) is 0 Å². The highest BCUT2D eigenvalue weighted by atomic mass is 35.5. The summed E-state index contributed by atoms with van der Waals surface area (Å²) in [5.41, 5.74) is 0. The van der Waals surface area contributed by atoms with E-state index in [-0.39, 0.29) is 6.42 Å². The minimum Gasteiger partial charge on any atom is -0.480 e. The second kappa shape index (κ2) is 3.67. The Morgan fingerprint density at radius 3 is 2.44 bits per heavy atom. The van der Waals surface area contributed by atoms with Gasteiger partial charge in [0.2, 0.25) is 0 Å². The van der Waals surface area contributed by atoms with E-state index in [4.69, 9.17) is 16.7 Å². The molecule has 54 valence electrons. The third-order valence-electron chi connectivity index (χ3n) is 0.800. The van der Waals surface area contributed by atoms with Crippen LogP contribution in [0.4, 0.5) is 4.39 Å². The molecular formula is C5H8ClFO2. The first-order valence-corrected chi connectivity index (χ1v) is 2.98. The van der Waals surface area contributed by atoms with Gasteiger partial charge in [-0.05, 0) is 6.92 Å². The number of hydrogen-bond donors (Lipinski definition) is 1. The molecule has 0 saturated carbocycles. The molecule has 2 unspecified atom stereocenters. The van der Waals surface area contributed by atoms with Crippen molar-refractivity contribution in [2.45, 2.75) is 24.9 Å². The number of aliphatic carboxylic acids is 1. The monoisotopic (exact) mass is 154 g/mol. The highest BCUT2D eigenvalue weighted by Gasteiger charge is 2.16. The molecule has 0 bridgehead atoms. The van der Waals surface area contributed by atoms with Gasteiger partial charge in [0.15, 0.2) is 0 Å². The second-order valence-corrected chi connectivity index (χ2v) is 2.35. The molecule has 1 N–H and O–H groups in total. The zero-order valence-electron chi connectivity index (χ0n) is 4.97. The van der Waals surface area contributed by atoms with Crippen molar-refractivity contribution in [3.8, 4) is 0 Å². The van der Waals surface area contributed by atoms with E-state index in [0.29, 0.717) is 0 Å². The lowest BCUT2D eigenvalue weighted by Crippen LogP contribution is -2.16. The lowest BCUT2D eigenvalue weighted by molar-refractivity contribution is -0.136. The molecular weight excluding hydrogens is 147 g/mol. The molecule has 0 rings (SSSR count). The van der Waals surface area contributed by atoms with E-state index in [1.165, 1.54) is 6.92 Å². The average Bonchev–Trinajstić information content (AvgIpc) is 1.63. The maximum absolute atomic E-state index is 12.0. The minimum absolute atomic E-state index is 0.128. The Kier molecular flexibility index (Phi) is 3.54. The van der Waals surface area contributed by atoms with E-state index >= 15 is 0 Å². The predicted molar refractivity (Wildman–Crippen MR) is 32.5 cm³/mol. The van der Waals surface area contributed by atoms with Gasteiger partial charge in [0.25, 0.3) is 0 Å². The normalized spacial score (nSPS) is 16.8. The third-order valence-corrected chi connectivity index (χ3v) is 1.16. The molecule has 9 heavy (non-hydrogen) atoms. The van der Waals surface area contributed by atoms with Gasteiger partial charge in [0.1, 0.15) is 5.38 Å². The Bertz CT molecular complexity index is 105. The SMILES string of the molecule is CC(F)CC(Cl)C(=O)O. The van der Waals surface area contributed by atoms with Crippen LogP contribution in [0.2, 0.25) is 0 Å². The summed E-state index contributed by atoms with van der Waals surface area (Å²) in [7, 11) is 0. The van der Waals surface area contributed by atoms with Gasteiger partial charge in [-0.25, -0.2) is 4.39 Å².